The first-order chi connectivity index (χ1) is 13.5. The average Bonchev–Trinajstić information content (AvgIpc) is 2.72. The van der Waals surface area contributed by atoms with Crippen LogP contribution in [0, 0.1) is 0 Å². The highest BCUT2D eigenvalue weighted by molar-refractivity contribution is 8.05. The lowest BCUT2D eigenvalue weighted by atomic mass is 9.66. The first kappa shape index (κ1) is 23.4. The van der Waals surface area contributed by atoms with Crippen LogP contribution in [0.25, 0.3) is 0 Å². The van der Waals surface area contributed by atoms with Gasteiger partial charge >= 0.3 is 0 Å². The molecule has 2 rings (SSSR count). The summed E-state index contributed by atoms with van der Waals surface area (Å²) in [5.74, 6) is 0. The van der Waals surface area contributed by atoms with Crippen molar-refractivity contribution in [1.29, 1.82) is 0 Å². The molecule has 1 aliphatic rings. The molecule has 0 aromatic heterocycles. The van der Waals surface area contributed by atoms with Gasteiger partial charge < -0.3 is 10.2 Å². The molecule has 0 saturated heterocycles. The largest absolute Gasteiger partial charge is 0.380 e. The minimum atomic E-state index is 0.124. The average molecular weight is 421 g/mol. The van der Waals surface area contributed by atoms with Crippen molar-refractivity contribution in [2.24, 2.45) is 0 Å². The molecule has 0 atom stereocenters. The zero-order valence-corrected chi connectivity index (χ0v) is 19.5. The first-order valence-electron chi connectivity index (χ1n) is 10.8. The normalized spacial score (nSPS) is 17.0. The Morgan fingerprint density at radius 1 is 1.25 bits per heavy atom. The second kappa shape index (κ2) is 11.9. The van der Waals surface area contributed by atoms with Crippen molar-refractivity contribution in [1.82, 2.24) is 10.2 Å². The van der Waals surface area contributed by atoms with Crippen LogP contribution in [0.2, 0.25) is 5.02 Å². The number of nitrogens with one attached hydrogen (secondary N) is 1. The van der Waals surface area contributed by atoms with Gasteiger partial charge in [-0.1, -0.05) is 80.8 Å². The van der Waals surface area contributed by atoms with E-state index in [1.165, 1.54) is 43.2 Å². The number of nitrogens with zero attached hydrogens (tertiary/aromatic N) is 1. The van der Waals surface area contributed by atoms with Gasteiger partial charge in [0.1, 0.15) is 0 Å². The summed E-state index contributed by atoms with van der Waals surface area (Å²) >= 11 is 8.05. The fourth-order valence-corrected chi connectivity index (χ4v) is 5.16. The Morgan fingerprint density at radius 3 is 2.61 bits per heavy atom. The molecule has 156 valence electrons. The smallest absolute Gasteiger partial charge is 0.0650 e. The van der Waals surface area contributed by atoms with Crippen LogP contribution in [0.5, 0.6) is 0 Å². The third-order valence-corrected chi connectivity index (χ3v) is 7.22. The van der Waals surface area contributed by atoms with Crippen LogP contribution in [0.1, 0.15) is 64.9 Å². The number of thioether (sulfide) groups is 1. The van der Waals surface area contributed by atoms with Crippen LogP contribution in [0.15, 0.2) is 46.9 Å². The van der Waals surface area contributed by atoms with E-state index in [9.17, 15) is 0 Å². The maximum atomic E-state index is 6.32. The predicted octanol–water partition coefficient (Wildman–Crippen LogP) is 6.97. The number of rotatable bonds is 11. The molecule has 0 radical (unpaired) electrons. The highest BCUT2D eigenvalue weighted by Crippen LogP contribution is 2.46. The van der Waals surface area contributed by atoms with Crippen LogP contribution in [0.3, 0.4) is 0 Å². The molecule has 1 saturated carbocycles. The van der Waals surface area contributed by atoms with E-state index in [-0.39, 0.29) is 5.41 Å². The summed E-state index contributed by atoms with van der Waals surface area (Å²) in [5, 5.41) is 7.67. The van der Waals surface area contributed by atoms with E-state index in [0.717, 1.165) is 42.7 Å². The van der Waals surface area contributed by atoms with Gasteiger partial charge in [-0.3, -0.25) is 0 Å². The van der Waals surface area contributed by atoms with Crippen LogP contribution < -0.4 is 5.32 Å². The van der Waals surface area contributed by atoms with Gasteiger partial charge in [-0.25, -0.2) is 0 Å². The molecule has 1 aliphatic carbocycles. The standard InChI is InChI=1S/C24H37ClN2S/c1-5-27(6-2)17-11-16-26-21(4)28-19-20(3)24(14-8-7-9-15-24)22-12-10-13-23(25)18-22/h10,12-13,18-19,26H,4-9,11,14-17H2,1-3H3/b20-19+. The van der Waals surface area contributed by atoms with Crippen LogP contribution >= 0.6 is 23.4 Å². The van der Waals surface area contributed by atoms with Crippen molar-refractivity contribution >= 4 is 23.4 Å². The number of hydrogen-bond acceptors (Lipinski definition) is 3. The highest BCUT2D eigenvalue weighted by Gasteiger charge is 2.35. The summed E-state index contributed by atoms with van der Waals surface area (Å²) in [5.41, 5.74) is 2.93. The molecule has 0 bridgehead atoms. The maximum absolute atomic E-state index is 6.32. The van der Waals surface area contributed by atoms with E-state index in [1.807, 2.05) is 6.07 Å². The topological polar surface area (TPSA) is 15.3 Å². The zero-order valence-electron chi connectivity index (χ0n) is 17.9. The van der Waals surface area contributed by atoms with Crippen molar-refractivity contribution in [3.05, 3.63) is 57.4 Å². The number of allylic oxidation sites excluding steroid dienone is 1. The summed E-state index contributed by atoms with van der Waals surface area (Å²) in [4.78, 5) is 2.46. The van der Waals surface area contributed by atoms with E-state index < -0.39 is 0 Å². The quantitative estimate of drug-likeness (QED) is 0.389. The first-order valence-corrected chi connectivity index (χ1v) is 12.0. The summed E-state index contributed by atoms with van der Waals surface area (Å²) in [6, 6.07) is 8.47. The maximum Gasteiger partial charge on any atom is 0.0650 e. The monoisotopic (exact) mass is 420 g/mol. The molecule has 0 unspecified atom stereocenters. The molecule has 0 amide bonds. The molecule has 1 aromatic carbocycles. The Morgan fingerprint density at radius 2 is 1.96 bits per heavy atom. The SMILES string of the molecule is C=C(NCCCN(CC)CC)S/C=C(\C)C1(c2cccc(Cl)c2)CCCCC1. The van der Waals surface area contributed by atoms with Crippen molar-refractivity contribution < 1.29 is 0 Å². The van der Waals surface area contributed by atoms with Gasteiger partial charge in [0.2, 0.25) is 0 Å². The van der Waals surface area contributed by atoms with Gasteiger partial charge in [-0.15, -0.1) is 0 Å². The summed E-state index contributed by atoms with van der Waals surface area (Å²) in [6.45, 7) is 15.3. The second-order valence-corrected chi connectivity index (χ2v) is 9.20. The fraction of sp³-hybridized carbons (Fsp3) is 0.583. The van der Waals surface area contributed by atoms with Gasteiger partial charge in [0, 0.05) is 17.0 Å². The molecule has 1 aromatic rings. The summed E-state index contributed by atoms with van der Waals surface area (Å²) in [7, 11) is 0. The second-order valence-electron chi connectivity index (χ2n) is 7.80. The summed E-state index contributed by atoms with van der Waals surface area (Å²) < 4.78 is 0. The minimum Gasteiger partial charge on any atom is -0.380 e. The molecule has 2 nitrogen and oxygen atoms in total. The molecule has 28 heavy (non-hydrogen) atoms. The third-order valence-electron chi connectivity index (χ3n) is 6.08. The van der Waals surface area contributed by atoms with Crippen molar-refractivity contribution in [2.45, 2.75) is 64.7 Å². The summed E-state index contributed by atoms with van der Waals surface area (Å²) in [6.07, 6.45) is 7.47. The highest BCUT2D eigenvalue weighted by atomic mass is 35.5. The third kappa shape index (κ3) is 6.57. The zero-order chi connectivity index (χ0) is 20.4. The van der Waals surface area contributed by atoms with Gasteiger partial charge in [-0.2, -0.15) is 0 Å². The molecule has 4 heteroatoms. The molecule has 1 fully saturated rings. The molecular weight excluding hydrogens is 384 g/mol. The Bertz CT molecular complexity index is 646. The Kier molecular flexibility index (Phi) is 9.98. The lowest BCUT2D eigenvalue weighted by molar-refractivity contribution is 0.299. The van der Waals surface area contributed by atoms with E-state index in [1.54, 1.807) is 11.8 Å². The number of halogens is 1. The molecule has 0 aliphatic heterocycles. The lowest BCUT2D eigenvalue weighted by Crippen LogP contribution is -2.30. The fourth-order valence-electron chi connectivity index (χ4n) is 4.24. The molecule has 1 N–H and O–H groups in total. The Balaban J connectivity index is 1.96. The van der Waals surface area contributed by atoms with Crippen LogP contribution in [-0.2, 0) is 5.41 Å². The van der Waals surface area contributed by atoms with E-state index in [0.29, 0.717) is 0 Å². The van der Waals surface area contributed by atoms with Crippen molar-refractivity contribution in [3.8, 4) is 0 Å². The number of hydrogen-bond donors (Lipinski definition) is 1. The predicted molar refractivity (Wildman–Crippen MR) is 127 cm³/mol. The van der Waals surface area contributed by atoms with Gasteiger partial charge in [0.15, 0.2) is 0 Å². The van der Waals surface area contributed by atoms with Gasteiger partial charge in [0.05, 0.1) is 5.03 Å². The Hall–Kier alpha value is -0.900. The van der Waals surface area contributed by atoms with E-state index in [4.69, 9.17) is 11.6 Å². The van der Waals surface area contributed by atoms with Crippen molar-refractivity contribution in [3.63, 3.8) is 0 Å². The molecule has 0 heterocycles. The molecule has 0 spiro atoms. The van der Waals surface area contributed by atoms with E-state index >= 15 is 0 Å². The Labute approximate surface area is 181 Å². The van der Waals surface area contributed by atoms with Crippen LogP contribution in [0.4, 0.5) is 0 Å². The van der Waals surface area contributed by atoms with E-state index in [2.05, 4.69) is 61.2 Å². The minimum absolute atomic E-state index is 0.124. The number of benzene rings is 1. The molecular formula is C24H37ClN2S. The van der Waals surface area contributed by atoms with Gasteiger partial charge in [-0.05, 0) is 68.9 Å². The van der Waals surface area contributed by atoms with Crippen molar-refractivity contribution in [2.75, 3.05) is 26.2 Å². The van der Waals surface area contributed by atoms with Crippen LogP contribution in [-0.4, -0.2) is 31.1 Å². The van der Waals surface area contributed by atoms with Gasteiger partial charge in [0.25, 0.3) is 0 Å². The lowest BCUT2D eigenvalue weighted by Gasteiger charge is -2.39.